The number of carbonyl (C=O) groups is 1. The van der Waals surface area contributed by atoms with E-state index in [-0.39, 0.29) is 0 Å². The molecule has 178 valence electrons. The van der Waals surface area contributed by atoms with Crippen LogP contribution in [0.3, 0.4) is 0 Å². The number of likely N-dealkylation sites (tertiary alicyclic amines) is 1. The first-order valence-corrected chi connectivity index (χ1v) is 12.8. The summed E-state index contributed by atoms with van der Waals surface area (Å²) < 4.78 is 0. The average Bonchev–Trinajstić information content (AvgIpc) is 2.85. The van der Waals surface area contributed by atoms with Gasteiger partial charge in [-0.1, -0.05) is 48.0 Å². The Labute approximate surface area is 203 Å². The summed E-state index contributed by atoms with van der Waals surface area (Å²) in [5, 5.41) is 4.38. The molecule has 0 spiro atoms. The lowest BCUT2D eigenvalue weighted by molar-refractivity contribution is -0.132. The van der Waals surface area contributed by atoms with Crippen LogP contribution >= 0.6 is 11.6 Å². The molecule has 1 amide bonds. The van der Waals surface area contributed by atoms with Crippen LogP contribution in [0.25, 0.3) is 0 Å². The van der Waals surface area contributed by atoms with Crippen molar-refractivity contribution >= 4 is 28.9 Å². The molecule has 0 aliphatic carbocycles. The Kier molecular flexibility index (Phi) is 8.51. The minimum absolute atomic E-state index is 0.308. The van der Waals surface area contributed by atoms with Gasteiger partial charge in [-0.05, 0) is 56.3 Å². The number of halogens is 1. The molecular weight excluding hydrogens is 432 g/mol. The van der Waals surface area contributed by atoms with Crippen LogP contribution in [-0.2, 0) is 4.79 Å². The highest BCUT2D eigenvalue weighted by atomic mass is 35.5. The summed E-state index contributed by atoms with van der Waals surface area (Å²) >= 11 is 6.57. The Balaban J connectivity index is 1.18. The third-order valence-corrected chi connectivity index (χ3v) is 7.36. The normalized spacial score (nSPS) is 17.9. The van der Waals surface area contributed by atoms with Crippen LogP contribution in [-0.4, -0.2) is 68.6 Å². The quantitative estimate of drug-likeness (QED) is 0.548. The number of rotatable bonds is 8. The summed E-state index contributed by atoms with van der Waals surface area (Å²) in [6, 6.07) is 16.8. The zero-order valence-electron chi connectivity index (χ0n) is 19.8. The fourth-order valence-electron chi connectivity index (χ4n) is 4.98. The largest absolute Gasteiger partial charge is 0.383 e. The van der Waals surface area contributed by atoms with Gasteiger partial charge in [-0.3, -0.25) is 4.79 Å². The molecule has 2 heterocycles. The minimum atomic E-state index is 0.308. The number of anilines is 2. The van der Waals surface area contributed by atoms with Gasteiger partial charge in [0.15, 0.2) is 0 Å². The zero-order valence-corrected chi connectivity index (χ0v) is 20.6. The third-order valence-electron chi connectivity index (χ3n) is 7.06. The van der Waals surface area contributed by atoms with Crippen molar-refractivity contribution in [3.63, 3.8) is 0 Å². The Hall–Kier alpha value is -2.24. The number of nitrogens with zero attached hydrogens (tertiary/aromatic N) is 3. The first-order chi connectivity index (χ1) is 16.1. The van der Waals surface area contributed by atoms with Crippen LogP contribution < -0.4 is 10.2 Å². The molecule has 33 heavy (non-hydrogen) atoms. The third kappa shape index (κ3) is 6.42. The van der Waals surface area contributed by atoms with Crippen LogP contribution in [0.15, 0.2) is 48.5 Å². The van der Waals surface area contributed by atoms with E-state index in [1.165, 1.54) is 5.56 Å². The molecule has 5 nitrogen and oxygen atoms in total. The summed E-state index contributed by atoms with van der Waals surface area (Å²) in [6.45, 7) is 6.70. The topological polar surface area (TPSA) is 38.8 Å². The smallest absolute Gasteiger partial charge is 0.222 e. The van der Waals surface area contributed by atoms with Crippen LogP contribution in [0.1, 0.15) is 43.6 Å². The maximum atomic E-state index is 12.7. The second kappa shape index (κ2) is 11.8. The number of benzene rings is 2. The predicted octanol–water partition coefficient (Wildman–Crippen LogP) is 5.08. The van der Waals surface area contributed by atoms with E-state index >= 15 is 0 Å². The van der Waals surface area contributed by atoms with E-state index in [1.807, 2.05) is 12.1 Å². The average molecular weight is 469 g/mol. The predicted molar refractivity (Wildman–Crippen MR) is 138 cm³/mol. The highest BCUT2D eigenvalue weighted by molar-refractivity contribution is 6.34. The SMILES string of the molecule is CN1CCN(c2c(Cl)cccc2NCCCCC(=O)N2CCC(c3ccccc3)CC2)CC1. The van der Waals surface area contributed by atoms with E-state index in [0.29, 0.717) is 18.2 Å². The molecule has 6 heteroatoms. The van der Waals surface area contributed by atoms with Gasteiger partial charge in [0.05, 0.1) is 16.4 Å². The molecule has 2 saturated heterocycles. The number of carbonyl (C=O) groups excluding carboxylic acids is 1. The van der Waals surface area contributed by atoms with Gasteiger partial charge in [-0.25, -0.2) is 0 Å². The molecule has 2 aliphatic rings. The fraction of sp³-hybridized carbons (Fsp3) is 0.519. The van der Waals surface area contributed by atoms with E-state index in [9.17, 15) is 4.79 Å². The van der Waals surface area contributed by atoms with Gasteiger partial charge >= 0.3 is 0 Å². The first-order valence-electron chi connectivity index (χ1n) is 12.4. The number of para-hydroxylation sites is 1. The van der Waals surface area contributed by atoms with Crippen molar-refractivity contribution < 1.29 is 4.79 Å². The molecule has 2 aliphatic heterocycles. The number of likely N-dealkylation sites (N-methyl/N-ethyl adjacent to an activating group) is 1. The highest BCUT2D eigenvalue weighted by Crippen LogP contribution is 2.34. The summed E-state index contributed by atoms with van der Waals surface area (Å²) in [5.41, 5.74) is 3.62. The monoisotopic (exact) mass is 468 g/mol. The van der Waals surface area contributed by atoms with Gasteiger partial charge in [0, 0.05) is 52.2 Å². The summed E-state index contributed by atoms with van der Waals surface area (Å²) in [7, 11) is 2.16. The molecule has 1 N–H and O–H groups in total. The molecule has 2 aromatic carbocycles. The van der Waals surface area contributed by atoms with Crippen molar-refractivity contribution in [3.8, 4) is 0 Å². The van der Waals surface area contributed by atoms with E-state index < -0.39 is 0 Å². The summed E-state index contributed by atoms with van der Waals surface area (Å²) in [5.74, 6) is 0.897. The van der Waals surface area contributed by atoms with Crippen molar-refractivity contribution in [2.45, 2.75) is 38.0 Å². The second-order valence-electron chi connectivity index (χ2n) is 9.38. The van der Waals surface area contributed by atoms with Gasteiger partial charge in [-0.2, -0.15) is 0 Å². The zero-order chi connectivity index (χ0) is 23.0. The molecule has 0 bridgehead atoms. The molecule has 2 aromatic rings. The van der Waals surface area contributed by atoms with Crippen LogP contribution in [0.4, 0.5) is 11.4 Å². The van der Waals surface area contributed by atoms with Gasteiger partial charge in [0.1, 0.15) is 0 Å². The van der Waals surface area contributed by atoms with E-state index in [1.54, 1.807) is 0 Å². The molecule has 4 rings (SSSR count). The van der Waals surface area contributed by atoms with Gasteiger partial charge in [0.25, 0.3) is 0 Å². The Morgan fingerprint density at radius 3 is 2.39 bits per heavy atom. The molecule has 0 radical (unpaired) electrons. The van der Waals surface area contributed by atoms with Crippen LogP contribution in [0, 0.1) is 0 Å². The lowest BCUT2D eigenvalue weighted by Gasteiger charge is -2.35. The highest BCUT2D eigenvalue weighted by Gasteiger charge is 2.23. The molecule has 0 aromatic heterocycles. The minimum Gasteiger partial charge on any atom is -0.383 e. The van der Waals surface area contributed by atoms with Crippen molar-refractivity contribution in [3.05, 3.63) is 59.1 Å². The lowest BCUT2D eigenvalue weighted by Crippen LogP contribution is -2.44. The fourth-order valence-corrected chi connectivity index (χ4v) is 5.27. The maximum Gasteiger partial charge on any atom is 0.222 e. The maximum absolute atomic E-state index is 12.7. The standard InChI is InChI=1S/C27H37ClN4O/c1-30-18-20-32(21-19-30)27-24(28)10-7-11-25(27)29-15-6-5-12-26(33)31-16-13-23(14-17-31)22-8-3-2-4-9-22/h2-4,7-11,23,29H,5-6,12-21H2,1H3. The number of piperidine rings is 1. The van der Waals surface area contributed by atoms with Gasteiger partial charge in [0.2, 0.25) is 5.91 Å². The number of unbranched alkanes of at least 4 members (excludes halogenated alkanes) is 1. The number of piperazine rings is 1. The number of hydrogen-bond acceptors (Lipinski definition) is 4. The Bertz CT molecular complexity index is 890. The molecule has 0 unspecified atom stereocenters. The summed E-state index contributed by atoms with van der Waals surface area (Å²) in [6.07, 6.45) is 4.66. The van der Waals surface area contributed by atoms with Crippen LogP contribution in [0.2, 0.25) is 5.02 Å². The number of nitrogens with one attached hydrogen (secondary N) is 1. The molecule has 0 saturated carbocycles. The summed E-state index contributed by atoms with van der Waals surface area (Å²) in [4.78, 5) is 19.5. The molecule has 2 fully saturated rings. The number of hydrogen-bond donors (Lipinski definition) is 1. The molecule has 0 atom stereocenters. The Morgan fingerprint density at radius 1 is 0.939 bits per heavy atom. The van der Waals surface area contributed by atoms with Crippen molar-refractivity contribution in [1.29, 1.82) is 0 Å². The second-order valence-corrected chi connectivity index (χ2v) is 9.78. The first kappa shape index (κ1) is 23.9. The van der Waals surface area contributed by atoms with E-state index in [4.69, 9.17) is 11.6 Å². The van der Waals surface area contributed by atoms with Crippen molar-refractivity contribution in [2.24, 2.45) is 0 Å². The van der Waals surface area contributed by atoms with Gasteiger partial charge in [-0.15, -0.1) is 0 Å². The lowest BCUT2D eigenvalue weighted by atomic mass is 9.89. The van der Waals surface area contributed by atoms with E-state index in [0.717, 1.165) is 87.9 Å². The number of amides is 1. The van der Waals surface area contributed by atoms with Crippen molar-refractivity contribution in [1.82, 2.24) is 9.80 Å². The van der Waals surface area contributed by atoms with Gasteiger partial charge < -0.3 is 20.0 Å². The van der Waals surface area contributed by atoms with Crippen LogP contribution in [0.5, 0.6) is 0 Å². The van der Waals surface area contributed by atoms with Crippen molar-refractivity contribution in [2.75, 3.05) is 63.1 Å². The molecular formula is C27H37ClN4O. The Morgan fingerprint density at radius 2 is 1.67 bits per heavy atom. The van der Waals surface area contributed by atoms with E-state index in [2.05, 4.69) is 63.5 Å².